The van der Waals surface area contributed by atoms with Gasteiger partial charge in [-0.25, -0.2) is 8.42 Å². The van der Waals surface area contributed by atoms with Gasteiger partial charge in [0.15, 0.2) is 0 Å². The molecular formula is C14H20N2O4S. The molecule has 21 heavy (non-hydrogen) atoms. The smallest absolute Gasteiger partial charge is 0.307 e. The van der Waals surface area contributed by atoms with E-state index in [2.05, 4.69) is 0 Å². The monoisotopic (exact) mass is 312 g/mol. The number of anilines is 1. The Morgan fingerprint density at radius 3 is 2.43 bits per heavy atom. The highest BCUT2D eigenvalue weighted by molar-refractivity contribution is 7.89. The summed E-state index contributed by atoms with van der Waals surface area (Å²) in [6, 6.07) is 6.61. The Morgan fingerprint density at radius 1 is 1.29 bits per heavy atom. The molecule has 116 valence electrons. The van der Waals surface area contributed by atoms with Crippen molar-refractivity contribution in [2.45, 2.75) is 17.7 Å². The quantitative estimate of drug-likeness (QED) is 0.905. The third kappa shape index (κ3) is 3.36. The maximum atomic E-state index is 12.6. The topological polar surface area (TPSA) is 77.9 Å². The summed E-state index contributed by atoms with van der Waals surface area (Å²) in [7, 11) is 0.142. The van der Waals surface area contributed by atoms with Crippen LogP contribution in [0.25, 0.3) is 0 Å². The Labute approximate surface area is 125 Å². The molecule has 2 rings (SSSR count). The van der Waals surface area contributed by atoms with Crippen LogP contribution in [0.3, 0.4) is 0 Å². The number of aliphatic carboxylic acids is 1. The Kier molecular flexibility index (Phi) is 4.53. The van der Waals surface area contributed by atoms with E-state index < -0.39 is 21.9 Å². The largest absolute Gasteiger partial charge is 0.481 e. The van der Waals surface area contributed by atoms with Crippen molar-refractivity contribution in [3.05, 3.63) is 24.3 Å². The van der Waals surface area contributed by atoms with Crippen LogP contribution < -0.4 is 4.90 Å². The summed E-state index contributed by atoms with van der Waals surface area (Å²) in [5.41, 5.74) is 0.913. The number of piperidine rings is 1. The van der Waals surface area contributed by atoms with Gasteiger partial charge in [0.25, 0.3) is 0 Å². The molecule has 1 fully saturated rings. The van der Waals surface area contributed by atoms with E-state index in [-0.39, 0.29) is 11.4 Å². The summed E-state index contributed by atoms with van der Waals surface area (Å²) in [6.45, 7) is 0.425. The molecule has 0 spiro atoms. The van der Waals surface area contributed by atoms with Crippen molar-refractivity contribution in [1.82, 2.24) is 4.31 Å². The van der Waals surface area contributed by atoms with Gasteiger partial charge in [0.1, 0.15) is 0 Å². The lowest BCUT2D eigenvalue weighted by Gasteiger charge is -2.29. The summed E-state index contributed by atoms with van der Waals surface area (Å²) in [5.74, 6) is -1.55. The molecule has 7 heteroatoms. The number of hydrogen-bond acceptors (Lipinski definition) is 4. The van der Waals surface area contributed by atoms with Gasteiger partial charge in [0.2, 0.25) is 10.0 Å². The van der Waals surface area contributed by atoms with E-state index in [1.54, 1.807) is 24.3 Å². The minimum absolute atomic E-state index is 0.0487. The van der Waals surface area contributed by atoms with Crippen molar-refractivity contribution in [2.75, 3.05) is 32.1 Å². The first-order valence-electron chi connectivity index (χ1n) is 6.82. The van der Waals surface area contributed by atoms with Gasteiger partial charge in [-0.3, -0.25) is 4.79 Å². The van der Waals surface area contributed by atoms with Crippen molar-refractivity contribution in [3.63, 3.8) is 0 Å². The van der Waals surface area contributed by atoms with Crippen LogP contribution >= 0.6 is 0 Å². The lowest BCUT2D eigenvalue weighted by molar-refractivity contribution is -0.142. The normalized spacial score (nSPS) is 20.2. The first kappa shape index (κ1) is 15.8. The zero-order chi connectivity index (χ0) is 15.6. The van der Waals surface area contributed by atoms with E-state index in [1.807, 2.05) is 19.0 Å². The van der Waals surface area contributed by atoms with E-state index in [1.165, 1.54) is 4.31 Å². The van der Waals surface area contributed by atoms with Gasteiger partial charge in [0.05, 0.1) is 10.8 Å². The molecule has 1 unspecified atom stereocenters. The van der Waals surface area contributed by atoms with Crippen LogP contribution in [-0.2, 0) is 14.8 Å². The second-order valence-corrected chi connectivity index (χ2v) is 7.37. The van der Waals surface area contributed by atoms with Gasteiger partial charge in [-0.05, 0) is 37.1 Å². The fourth-order valence-electron chi connectivity index (χ4n) is 2.43. The summed E-state index contributed by atoms with van der Waals surface area (Å²) in [4.78, 5) is 13.2. The molecule has 0 saturated carbocycles. The summed E-state index contributed by atoms with van der Waals surface area (Å²) >= 11 is 0. The lowest BCUT2D eigenvalue weighted by atomic mass is 10.0. The molecule has 0 radical (unpaired) electrons. The van der Waals surface area contributed by atoms with E-state index in [9.17, 15) is 13.2 Å². The molecule has 1 saturated heterocycles. The molecule has 1 aliphatic heterocycles. The maximum Gasteiger partial charge on any atom is 0.307 e. The number of benzene rings is 1. The van der Waals surface area contributed by atoms with Gasteiger partial charge in [-0.1, -0.05) is 0 Å². The molecular weight excluding hydrogens is 292 g/mol. The van der Waals surface area contributed by atoms with E-state index >= 15 is 0 Å². The van der Waals surface area contributed by atoms with Crippen LogP contribution in [0, 0.1) is 5.92 Å². The van der Waals surface area contributed by atoms with E-state index in [0.717, 1.165) is 5.69 Å². The Bertz CT molecular complexity index is 610. The standard InChI is InChI=1S/C14H20N2O4S/c1-15(2)12-5-7-13(8-6-12)21(19,20)16-9-3-4-11(10-16)14(17)18/h5-8,11H,3-4,9-10H2,1-2H3,(H,17,18). The van der Waals surface area contributed by atoms with Gasteiger partial charge in [0, 0.05) is 32.9 Å². The molecule has 1 atom stereocenters. The molecule has 0 aliphatic carbocycles. The third-order valence-electron chi connectivity index (χ3n) is 3.72. The average molecular weight is 312 g/mol. The molecule has 6 nitrogen and oxygen atoms in total. The van der Waals surface area contributed by atoms with Crippen LogP contribution in [0.2, 0.25) is 0 Å². The first-order valence-corrected chi connectivity index (χ1v) is 8.26. The Balaban J connectivity index is 2.22. The number of hydrogen-bond donors (Lipinski definition) is 1. The van der Waals surface area contributed by atoms with E-state index in [4.69, 9.17) is 5.11 Å². The highest BCUT2D eigenvalue weighted by atomic mass is 32.2. The molecule has 0 bridgehead atoms. The predicted molar refractivity (Wildman–Crippen MR) is 79.9 cm³/mol. The molecule has 1 heterocycles. The van der Waals surface area contributed by atoms with Gasteiger partial charge >= 0.3 is 5.97 Å². The van der Waals surface area contributed by atoms with Crippen molar-refractivity contribution >= 4 is 21.7 Å². The number of rotatable bonds is 4. The second-order valence-electron chi connectivity index (χ2n) is 5.43. The highest BCUT2D eigenvalue weighted by Crippen LogP contribution is 2.25. The summed E-state index contributed by atoms with van der Waals surface area (Å²) in [5, 5.41) is 9.06. The van der Waals surface area contributed by atoms with Crippen molar-refractivity contribution in [2.24, 2.45) is 5.92 Å². The van der Waals surface area contributed by atoms with Gasteiger partial charge in [-0.15, -0.1) is 0 Å². The zero-order valence-corrected chi connectivity index (χ0v) is 13.0. The molecule has 1 aliphatic rings. The number of carboxylic acids is 1. The molecule has 1 aromatic rings. The van der Waals surface area contributed by atoms with E-state index in [0.29, 0.717) is 19.4 Å². The predicted octanol–water partition coefficient (Wildman–Crippen LogP) is 1.24. The van der Waals surface area contributed by atoms with Crippen LogP contribution in [-0.4, -0.2) is 51.0 Å². The van der Waals surface area contributed by atoms with Crippen LogP contribution in [0.4, 0.5) is 5.69 Å². The Morgan fingerprint density at radius 2 is 1.90 bits per heavy atom. The van der Waals surface area contributed by atoms with Crippen LogP contribution in [0.1, 0.15) is 12.8 Å². The summed E-state index contributed by atoms with van der Waals surface area (Å²) < 4.78 is 26.4. The zero-order valence-electron chi connectivity index (χ0n) is 12.2. The maximum absolute atomic E-state index is 12.6. The molecule has 1 aromatic carbocycles. The third-order valence-corrected chi connectivity index (χ3v) is 5.60. The number of carbonyl (C=O) groups is 1. The van der Waals surface area contributed by atoms with Crippen LogP contribution in [0.15, 0.2) is 29.2 Å². The fourth-order valence-corrected chi connectivity index (χ4v) is 3.95. The molecule has 0 amide bonds. The minimum atomic E-state index is -3.62. The first-order chi connectivity index (χ1) is 9.82. The minimum Gasteiger partial charge on any atom is -0.481 e. The van der Waals surface area contributed by atoms with Crippen molar-refractivity contribution in [1.29, 1.82) is 0 Å². The lowest BCUT2D eigenvalue weighted by Crippen LogP contribution is -2.42. The van der Waals surface area contributed by atoms with Crippen LogP contribution in [0.5, 0.6) is 0 Å². The number of sulfonamides is 1. The highest BCUT2D eigenvalue weighted by Gasteiger charge is 2.33. The fraction of sp³-hybridized carbons (Fsp3) is 0.500. The van der Waals surface area contributed by atoms with Crippen molar-refractivity contribution in [3.8, 4) is 0 Å². The molecule has 1 N–H and O–H groups in total. The molecule has 0 aromatic heterocycles. The Hall–Kier alpha value is -1.60. The second kappa shape index (κ2) is 6.03. The number of nitrogens with zero attached hydrogens (tertiary/aromatic N) is 2. The van der Waals surface area contributed by atoms with Gasteiger partial charge in [-0.2, -0.15) is 4.31 Å². The van der Waals surface area contributed by atoms with Gasteiger partial charge < -0.3 is 10.0 Å². The number of carboxylic acid groups (broad SMARTS) is 1. The van der Waals surface area contributed by atoms with Crippen molar-refractivity contribution < 1.29 is 18.3 Å². The SMILES string of the molecule is CN(C)c1ccc(S(=O)(=O)N2CCCC(C(=O)O)C2)cc1. The average Bonchev–Trinajstić information content (AvgIpc) is 2.47. The summed E-state index contributed by atoms with van der Waals surface area (Å²) in [6.07, 6.45) is 1.10.